The SMILES string of the molecule is CCOc1cc(/C=N\Nc2nc(C)cc(COC)c2C#N)cc(I)c1OCC. The van der Waals surface area contributed by atoms with Gasteiger partial charge < -0.3 is 14.2 Å². The van der Waals surface area contributed by atoms with Crippen LogP contribution in [0, 0.1) is 21.8 Å². The van der Waals surface area contributed by atoms with Crippen molar-refractivity contribution in [3.63, 3.8) is 0 Å². The third-order valence-electron chi connectivity index (χ3n) is 3.65. The van der Waals surface area contributed by atoms with Crippen molar-refractivity contribution < 1.29 is 14.2 Å². The van der Waals surface area contributed by atoms with E-state index in [2.05, 4.69) is 44.2 Å². The van der Waals surface area contributed by atoms with Gasteiger partial charge in [-0.2, -0.15) is 10.4 Å². The summed E-state index contributed by atoms with van der Waals surface area (Å²) in [4.78, 5) is 4.37. The van der Waals surface area contributed by atoms with E-state index in [0.29, 0.717) is 37.0 Å². The first-order valence-electron chi connectivity index (χ1n) is 8.81. The predicted molar refractivity (Wildman–Crippen MR) is 117 cm³/mol. The van der Waals surface area contributed by atoms with E-state index in [1.807, 2.05) is 39.0 Å². The first kappa shape index (κ1) is 21.9. The summed E-state index contributed by atoms with van der Waals surface area (Å²) < 4.78 is 17.5. The molecule has 2 aromatic rings. The van der Waals surface area contributed by atoms with Crippen LogP contribution in [-0.2, 0) is 11.3 Å². The molecule has 0 aliphatic heterocycles. The zero-order valence-electron chi connectivity index (χ0n) is 16.4. The van der Waals surface area contributed by atoms with E-state index in [4.69, 9.17) is 14.2 Å². The number of anilines is 1. The van der Waals surface area contributed by atoms with Crippen LogP contribution in [0.25, 0.3) is 0 Å². The molecule has 1 N–H and O–H groups in total. The monoisotopic (exact) mass is 494 g/mol. The quantitative estimate of drug-likeness (QED) is 0.319. The normalized spacial score (nSPS) is 10.7. The molecule has 1 aromatic carbocycles. The average Bonchev–Trinajstić information content (AvgIpc) is 2.65. The van der Waals surface area contributed by atoms with Crippen LogP contribution in [0.3, 0.4) is 0 Å². The highest BCUT2D eigenvalue weighted by Crippen LogP contribution is 2.33. The largest absolute Gasteiger partial charge is 0.490 e. The summed E-state index contributed by atoms with van der Waals surface area (Å²) in [5, 5.41) is 13.7. The first-order chi connectivity index (χ1) is 13.5. The Labute approximate surface area is 178 Å². The Bertz CT molecular complexity index is 894. The smallest absolute Gasteiger partial charge is 0.174 e. The van der Waals surface area contributed by atoms with Gasteiger partial charge in [-0.05, 0) is 67.1 Å². The zero-order valence-corrected chi connectivity index (χ0v) is 18.5. The lowest BCUT2D eigenvalue weighted by Crippen LogP contribution is -2.04. The fraction of sp³-hybridized carbons (Fsp3) is 0.350. The van der Waals surface area contributed by atoms with Crippen LogP contribution in [0.2, 0.25) is 0 Å². The van der Waals surface area contributed by atoms with Crippen LogP contribution in [0.4, 0.5) is 5.82 Å². The molecule has 148 valence electrons. The molecule has 0 aliphatic carbocycles. The van der Waals surface area contributed by atoms with Gasteiger partial charge in [0.15, 0.2) is 17.3 Å². The number of hydrogen-bond acceptors (Lipinski definition) is 7. The Hall–Kier alpha value is -2.38. The Balaban J connectivity index is 2.29. The lowest BCUT2D eigenvalue weighted by Gasteiger charge is -2.13. The van der Waals surface area contributed by atoms with Crippen molar-refractivity contribution in [2.45, 2.75) is 27.4 Å². The van der Waals surface area contributed by atoms with E-state index in [-0.39, 0.29) is 0 Å². The van der Waals surface area contributed by atoms with E-state index in [9.17, 15) is 5.26 Å². The lowest BCUT2D eigenvalue weighted by atomic mass is 10.1. The molecular weight excluding hydrogens is 471 g/mol. The molecule has 1 heterocycles. The Morgan fingerprint density at radius 3 is 2.64 bits per heavy atom. The maximum atomic E-state index is 9.48. The summed E-state index contributed by atoms with van der Waals surface area (Å²) in [6.45, 7) is 7.15. The summed E-state index contributed by atoms with van der Waals surface area (Å²) in [6, 6.07) is 7.82. The Kier molecular flexibility index (Phi) is 8.47. The second-order valence-corrected chi connectivity index (χ2v) is 6.92. The molecular formula is C20H23IN4O3. The molecule has 0 aliphatic rings. The number of aryl methyl sites for hydroxylation is 1. The first-order valence-corrected chi connectivity index (χ1v) is 9.89. The highest BCUT2D eigenvalue weighted by atomic mass is 127. The van der Waals surface area contributed by atoms with Crippen LogP contribution in [0.1, 0.15) is 36.2 Å². The third kappa shape index (κ3) is 5.56. The zero-order chi connectivity index (χ0) is 20.5. The molecule has 0 unspecified atom stereocenters. The molecule has 1 aromatic heterocycles. The van der Waals surface area contributed by atoms with Gasteiger partial charge in [-0.25, -0.2) is 4.98 Å². The van der Waals surface area contributed by atoms with Crippen LogP contribution >= 0.6 is 22.6 Å². The molecule has 0 saturated carbocycles. The number of pyridine rings is 1. The van der Waals surface area contributed by atoms with Crippen molar-refractivity contribution >= 4 is 34.6 Å². The average molecular weight is 494 g/mol. The van der Waals surface area contributed by atoms with Crippen LogP contribution in [-0.4, -0.2) is 31.5 Å². The van der Waals surface area contributed by atoms with E-state index >= 15 is 0 Å². The van der Waals surface area contributed by atoms with Gasteiger partial charge in [-0.3, -0.25) is 5.43 Å². The third-order valence-corrected chi connectivity index (χ3v) is 4.45. The number of aromatic nitrogens is 1. The molecule has 0 fully saturated rings. The van der Waals surface area contributed by atoms with E-state index in [0.717, 1.165) is 26.1 Å². The van der Waals surface area contributed by atoms with Gasteiger partial charge in [0.1, 0.15) is 11.6 Å². The van der Waals surface area contributed by atoms with Gasteiger partial charge in [-0.15, -0.1) is 0 Å². The number of nitrogens with one attached hydrogen (secondary N) is 1. The van der Waals surface area contributed by atoms with Gasteiger partial charge in [-0.1, -0.05) is 0 Å². The van der Waals surface area contributed by atoms with Crippen LogP contribution in [0.15, 0.2) is 23.3 Å². The molecule has 0 bridgehead atoms. The van der Waals surface area contributed by atoms with Crippen molar-refractivity contribution in [2.75, 3.05) is 25.7 Å². The number of benzene rings is 1. The summed E-state index contributed by atoms with van der Waals surface area (Å²) in [5.41, 5.74) is 5.67. The fourth-order valence-electron chi connectivity index (χ4n) is 2.59. The van der Waals surface area contributed by atoms with E-state index < -0.39 is 0 Å². The van der Waals surface area contributed by atoms with Gasteiger partial charge in [0.25, 0.3) is 0 Å². The highest BCUT2D eigenvalue weighted by molar-refractivity contribution is 14.1. The minimum atomic E-state index is 0.333. The maximum absolute atomic E-state index is 9.48. The summed E-state index contributed by atoms with van der Waals surface area (Å²) in [7, 11) is 1.59. The van der Waals surface area contributed by atoms with Crippen molar-refractivity contribution in [3.05, 3.63) is 44.2 Å². The molecule has 8 heteroatoms. The van der Waals surface area contributed by atoms with Gasteiger partial charge in [0, 0.05) is 18.4 Å². The molecule has 2 rings (SSSR count). The summed E-state index contributed by atoms with van der Waals surface area (Å²) in [5.74, 6) is 1.80. The minimum absolute atomic E-state index is 0.333. The number of hydrogen-bond donors (Lipinski definition) is 1. The number of rotatable bonds is 9. The number of hydrazone groups is 1. The Morgan fingerprint density at radius 1 is 1.25 bits per heavy atom. The van der Waals surface area contributed by atoms with Crippen LogP contribution in [0.5, 0.6) is 11.5 Å². The number of halogens is 1. The molecule has 7 nitrogen and oxygen atoms in total. The van der Waals surface area contributed by atoms with Crippen molar-refractivity contribution in [3.8, 4) is 17.6 Å². The van der Waals surface area contributed by atoms with Crippen molar-refractivity contribution in [1.82, 2.24) is 4.98 Å². The van der Waals surface area contributed by atoms with E-state index in [1.54, 1.807) is 13.3 Å². The van der Waals surface area contributed by atoms with Gasteiger partial charge in [0.05, 0.1) is 29.6 Å². The molecule has 28 heavy (non-hydrogen) atoms. The predicted octanol–water partition coefficient (Wildman–Crippen LogP) is 4.26. The molecule has 0 spiro atoms. The molecule has 0 atom stereocenters. The highest BCUT2D eigenvalue weighted by Gasteiger charge is 2.12. The minimum Gasteiger partial charge on any atom is -0.490 e. The standard InChI is InChI=1S/C20H23IN4O3/c1-5-27-18-9-14(8-17(21)19(18)28-6-2)11-23-25-20-16(10-22)15(12-26-4)7-13(3)24-20/h7-9,11H,5-6,12H2,1-4H3,(H,24,25)/b23-11-. The maximum Gasteiger partial charge on any atom is 0.174 e. The lowest BCUT2D eigenvalue weighted by molar-refractivity contribution is 0.184. The topological polar surface area (TPSA) is 88.8 Å². The number of nitriles is 1. The van der Waals surface area contributed by atoms with Crippen molar-refractivity contribution in [2.24, 2.45) is 5.10 Å². The molecule has 0 radical (unpaired) electrons. The number of methoxy groups -OCH3 is 1. The van der Waals surface area contributed by atoms with Crippen LogP contribution < -0.4 is 14.9 Å². The summed E-state index contributed by atoms with van der Waals surface area (Å²) in [6.07, 6.45) is 1.65. The van der Waals surface area contributed by atoms with Crippen molar-refractivity contribution in [1.29, 1.82) is 5.26 Å². The second-order valence-electron chi connectivity index (χ2n) is 5.76. The van der Waals surface area contributed by atoms with Gasteiger partial charge >= 0.3 is 0 Å². The number of ether oxygens (including phenoxy) is 3. The van der Waals surface area contributed by atoms with E-state index in [1.165, 1.54) is 0 Å². The number of nitrogens with zero attached hydrogens (tertiary/aromatic N) is 3. The Morgan fingerprint density at radius 2 is 2.00 bits per heavy atom. The fourth-order valence-corrected chi connectivity index (χ4v) is 3.37. The second kappa shape index (κ2) is 10.8. The molecule has 0 saturated heterocycles. The summed E-state index contributed by atoms with van der Waals surface area (Å²) >= 11 is 2.21. The van der Waals surface area contributed by atoms with Gasteiger partial charge in [0.2, 0.25) is 0 Å². The molecule has 0 amide bonds.